The van der Waals surface area contributed by atoms with Crippen LogP contribution in [0.15, 0.2) is 24.4 Å². The van der Waals surface area contributed by atoms with E-state index in [1.807, 2.05) is 24.4 Å². The maximum Gasteiger partial charge on any atom is 0.220 e. The summed E-state index contributed by atoms with van der Waals surface area (Å²) in [5.41, 5.74) is 0. The Bertz CT molecular complexity index is 456. The molecule has 21 heavy (non-hydrogen) atoms. The van der Waals surface area contributed by atoms with E-state index in [4.69, 9.17) is 0 Å². The van der Waals surface area contributed by atoms with Gasteiger partial charge in [-0.15, -0.1) is 0 Å². The van der Waals surface area contributed by atoms with Gasteiger partial charge in [0.15, 0.2) is 0 Å². The van der Waals surface area contributed by atoms with E-state index in [-0.39, 0.29) is 11.9 Å². The molecule has 4 heteroatoms. The van der Waals surface area contributed by atoms with Crippen LogP contribution in [0.1, 0.15) is 44.9 Å². The number of piperidine rings is 1. The molecule has 1 aromatic rings. The minimum atomic E-state index is 0.245. The molecule has 0 unspecified atom stereocenters. The second kappa shape index (κ2) is 6.92. The number of aromatic nitrogens is 1. The first-order valence-corrected chi connectivity index (χ1v) is 8.26. The van der Waals surface area contributed by atoms with Gasteiger partial charge in [0.2, 0.25) is 5.91 Å². The summed E-state index contributed by atoms with van der Waals surface area (Å²) in [4.78, 5) is 18.9. The van der Waals surface area contributed by atoms with Gasteiger partial charge in [0.25, 0.3) is 0 Å². The van der Waals surface area contributed by atoms with Gasteiger partial charge in [-0.2, -0.15) is 0 Å². The molecule has 0 bridgehead atoms. The molecule has 1 saturated carbocycles. The smallest absolute Gasteiger partial charge is 0.220 e. The first-order valence-electron chi connectivity index (χ1n) is 8.26. The maximum atomic E-state index is 12.2. The van der Waals surface area contributed by atoms with Crippen LogP contribution in [0.5, 0.6) is 0 Å². The Hall–Kier alpha value is -1.58. The van der Waals surface area contributed by atoms with Crippen molar-refractivity contribution in [3.05, 3.63) is 24.4 Å². The Morgan fingerprint density at radius 1 is 1.24 bits per heavy atom. The lowest BCUT2D eigenvalue weighted by molar-refractivity contribution is -0.122. The van der Waals surface area contributed by atoms with Gasteiger partial charge in [-0.05, 0) is 43.7 Å². The molecule has 114 valence electrons. The van der Waals surface area contributed by atoms with Crippen molar-refractivity contribution in [1.82, 2.24) is 10.3 Å². The lowest BCUT2D eigenvalue weighted by Crippen LogP contribution is -2.48. The van der Waals surface area contributed by atoms with E-state index < -0.39 is 0 Å². The lowest BCUT2D eigenvalue weighted by Gasteiger charge is -2.34. The summed E-state index contributed by atoms with van der Waals surface area (Å²) >= 11 is 0. The number of hydrogen-bond donors (Lipinski definition) is 1. The Morgan fingerprint density at radius 3 is 2.86 bits per heavy atom. The normalized spacial score (nSPS) is 23.2. The molecule has 3 rings (SSSR count). The third-order valence-electron chi connectivity index (χ3n) is 4.71. The van der Waals surface area contributed by atoms with E-state index in [2.05, 4.69) is 15.2 Å². The molecule has 2 fully saturated rings. The summed E-state index contributed by atoms with van der Waals surface area (Å²) in [6, 6.07) is 6.27. The largest absolute Gasteiger partial charge is 0.355 e. The molecular formula is C17H25N3O. The van der Waals surface area contributed by atoms with Crippen LogP contribution in [0.2, 0.25) is 0 Å². The third-order valence-corrected chi connectivity index (χ3v) is 4.71. The van der Waals surface area contributed by atoms with Gasteiger partial charge in [0.05, 0.1) is 0 Å². The highest BCUT2D eigenvalue weighted by Gasteiger charge is 2.24. The average Bonchev–Trinajstić information content (AvgIpc) is 3.01. The molecule has 1 aromatic heterocycles. The van der Waals surface area contributed by atoms with Gasteiger partial charge < -0.3 is 10.2 Å². The molecule has 0 spiro atoms. The van der Waals surface area contributed by atoms with Gasteiger partial charge in [-0.1, -0.05) is 18.9 Å². The van der Waals surface area contributed by atoms with Crippen LogP contribution in [0.25, 0.3) is 0 Å². The van der Waals surface area contributed by atoms with Crippen molar-refractivity contribution < 1.29 is 4.79 Å². The molecule has 4 nitrogen and oxygen atoms in total. The number of anilines is 1. The summed E-state index contributed by atoms with van der Waals surface area (Å²) in [7, 11) is 0. The van der Waals surface area contributed by atoms with Crippen molar-refractivity contribution in [2.24, 2.45) is 5.92 Å². The topological polar surface area (TPSA) is 45.2 Å². The minimum absolute atomic E-state index is 0.245. The number of amides is 1. The predicted molar refractivity (Wildman–Crippen MR) is 84.2 cm³/mol. The van der Waals surface area contributed by atoms with E-state index in [1.165, 1.54) is 25.7 Å². The van der Waals surface area contributed by atoms with E-state index in [9.17, 15) is 4.79 Å². The number of nitrogens with one attached hydrogen (secondary N) is 1. The summed E-state index contributed by atoms with van der Waals surface area (Å²) in [6.07, 6.45) is 9.82. The molecule has 1 N–H and O–H groups in total. The zero-order chi connectivity index (χ0) is 14.5. The maximum absolute atomic E-state index is 12.2. The van der Waals surface area contributed by atoms with Crippen LogP contribution in [-0.4, -0.2) is 30.0 Å². The van der Waals surface area contributed by atoms with Crippen LogP contribution in [0, 0.1) is 5.92 Å². The first kappa shape index (κ1) is 14.4. The number of carbonyl (C=O) groups excluding carboxylic acids is 1. The molecule has 2 heterocycles. The van der Waals surface area contributed by atoms with Crippen LogP contribution in [0.3, 0.4) is 0 Å². The highest BCUT2D eigenvalue weighted by Crippen LogP contribution is 2.27. The molecule has 2 aliphatic rings. The summed E-state index contributed by atoms with van der Waals surface area (Å²) in [5.74, 6) is 1.89. The molecule has 1 amide bonds. The quantitative estimate of drug-likeness (QED) is 0.926. The van der Waals surface area contributed by atoms with Crippen LogP contribution in [-0.2, 0) is 4.79 Å². The molecule has 0 radical (unpaired) electrons. The fourth-order valence-corrected chi connectivity index (χ4v) is 3.61. The molecular weight excluding hydrogens is 262 g/mol. The number of rotatable bonds is 4. The number of nitrogens with zero attached hydrogens (tertiary/aromatic N) is 2. The van der Waals surface area contributed by atoms with E-state index in [1.54, 1.807) is 0 Å². The molecule has 1 atom stereocenters. The Balaban J connectivity index is 1.50. The van der Waals surface area contributed by atoms with Crippen molar-refractivity contribution in [1.29, 1.82) is 0 Å². The van der Waals surface area contributed by atoms with Crippen LogP contribution in [0.4, 0.5) is 5.82 Å². The fraction of sp³-hybridized carbons (Fsp3) is 0.647. The van der Waals surface area contributed by atoms with Gasteiger partial charge in [-0.3, -0.25) is 4.79 Å². The average molecular weight is 287 g/mol. The van der Waals surface area contributed by atoms with Gasteiger partial charge >= 0.3 is 0 Å². The molecule has 0 aromatic carbocycles. The van der Waals surface area contributed by atoms with Crippen molar-refractivity contribution in [3.8, 4) is 0 Å². The van der Waals surface area contributed by atoms with Crippen LogP contribution >= 0.6 is 0 Å². The fourth-order valence-electron chi connectivity index (χ4n) is 3.61. The molecule has 1 aliphatic carbocycles. The SMILES string of the molecule is O=C(CC1CCCC1)N[C@H]1CCCN(c2ccccn2)C1. The van der Waals surface area contributed by atoms with Crippen LogP contribution < -0.4 is 10.2 Å². The standard InChI is InChI=1S/C17H25N3O/c21-17(12-14-6-1-2-7-14)19-15-8-5-11-20(13-15)16-9-3-4-10-18-16/h3-4,9-10,14-15H,1-2,5-8,11-13H2,(H,19,21)/t15-/m0/s1. The summed E-state index contributed by atoms with van der Waals surface area (Å²) < 4.78 is 0. The highest BCUT2D eigenvalue weighted by atomic mass is 16.1. The number of carbonyl (C=O) groups is 1. The third kappa shape index (κ3) is 3.96. The van der Waals surface area contributed by atoms with Crippen molar-refractivity contribution in [2.75, 3.05) is 18.0 Å². The zero-order valence-corrected chi connectivity index (χ0v) is 12.6. The second-order valence-corrected chi connectivity index (χ2v) is 6.40. The van der Waals surface area contributed by atoms with Gasteiger partial charge in [-0.25, -0.2) is 4.98 Å². The second-order valence-electron chi connectivity index (χ2n) is 6.40. The monoisotopic (exact) mass is 287 g/mol. The lowest BCUT2D eigenvalue weighted by atomic mass is 10.0. The Kier molecular flexibility index (Phi) is 4.73. The van der Waals surface area contributed by atoms with Crippen molar-refractivity contribution in [2.45, 2.75) is 51.0 Å². The predicted octanol–water partition coefficient (Wildman–Crippen LogP) is 2.75. The zero-order valence-electron chi connectivity index (χ0n) is 12.6. The Labute approximate surface area is 126 Å². The number of hydrogen-bond acceptors (Lipinski definition) is 3. The Morgan fingerprint density at radius 2 is 2.10 bits per heavy atom. The summed E-state index contributed by atoms with van der Waals surface area (Å²) in [6.45, 7) is 1.92. The highest BCUT2D eigenvalue weighted by molar-refractivity contribution is 5.76. The first-order chi connectivity index (χ1) is 10.3. The van der Waals surface area contributed by atoms with E-state index in [0.29, 0.717) is 5.92 Å². The molecule has 1 saturated heterocycles. The van der Waals surface area contributed by atoms with Crippen molar-refractivity contribution in [3.63, 3.8) is 0 Å². The minimum Gasteiger partial charge on any atom is -0.355 e. The molecule has 1 aliphatic heterocycles. The summed E-state index contributed by atoms with van der Waals surface area (Å²) in [5, 5.41) is 3.24. The van der Waals surface area contributed by atoms with Gasteiger partial charge in [0.1, 0.15) is 5.82 Å². The van der Waals surface area contributed by atoms with Gasteiger partial charge in [0, 0.05) is 31.7 Å². The van der Waals surface area contributed by atoms with Crippen molar-refractivity contribution >= 4 is 11.7 Å². The van der Waals surface area contributed by atoms with E-state index in [0.717, 1.165) is 38.2 Å². The number of pyridine rings is 1. The van der Waals surface area contributed by atoms with E-state index >= 15 is 0 Å².